The first-order valence-corrected chi connectivity index (χ1v) is 8.02. The van der Waals surface area contributed by atoms with Crippen molar-refractivity contribution in [3.05, 3.63) is 44.6 Å². The second-order valence-electron chi connectivity index (χ2n) is 4.29. The summed E-state index contributed by atoms with van der Waals surface area (Å²) in [5.41, 5.74) is 0.790. The zero-order chi connectivity index (χ0) is 16.1. The lowest BCUT2D eigenvalue weighted by Gasteiger charge is -2.12. The summed E-state index contributed by atoms with van der Waals surface area (Å²) in [7, 11) is 4.66. The number of halogens is 1. The van der Waals surface area contributed by atoms with E-state index in [1.165, 1.54) is 17.4 Å². The van der Waals surface area contributed by atoms with Crippen LogP contribution in [0.5, 0.6) is 17.2 Å². The van der Waals surface area contributed by atoms with Crippen molar-refractivity contribution in [3.8, 4) is 17.2 Å². The first-order chi connectivity index (χ1) is 10.6. The second-order valence-corrected chi connectivity index (χ2v) is 6.11. The van der Waals surface area contributed by atoms with Gasteiger partial charge in [0.15, 0.2) is 17.3 Å². The molecule has 0 aliphatic carbocycles. The molecule has 2 rings (SSSR count). The predicted molar refractivity (Wildman–Crippen MR) is 91.5 cm³/mol. The highest BCUT2D eigenvalue weighted by molar-refractivity contribution is 9.10. The minimum absolute atomic E-state index is 0.0514. The summed E-state index contributed by atoms with van der Waals surface area (Å²) in [6.07, 6.45) is 3.25. The number of ether oxygens (including phenoxy) is 3. The van der Waals surface area contributed by atoms with E-state index in [1.54, 1.807) is 45.6 Å². The Morgan fingerprint density at radius 1 is 1.09 bits per heavy atom. The average Bonchev–Trinajstić information content (AvgIpc) is 2.97. The van der Waals surface area contributed by atoms with Crippen LogP contribution in [0, 0.1) is 0 Å². The van der Waals surface area contributed by atoms with E-state index >= 15 is 0 Å². The van der Waals surface area contributed by atoms with Gasteiger partial charge in [0.1, 0.15) is 0 Å². The molecule has 1 heterocycles. The van der Waals surface area contributed by atoms with Crippen molar-refractivity contribution in [1.82, 2.24) is 0 Å². The number of hydrogen-bond donors (Lipinski definition) is 0. The molecule has 0 bridgehead atoms. The SMILES string of the molecule is COc1cc(/C=C/C(=O)c2cc(Br)cs2)cc(OC)c1OC. The number of benzene rings is 1. The molecule has 22 heavy (non-hydrogen) atoms. The van der Waals surface area contributed by atoms with Gasteiger partial charge in [0.25, 0.3) is 0 Å². The molecule has 0 N–H and O–H groups in total. The molecule has 2 aromatic rings. The third-order valence-corrected chi connectivity index (χ3v) is 4.63. The van der Waals surface area contributed by atoms with Crippen molar-refractivity contribution in [3.63, 3.8) is 0 Å². The monoisotopic (exact) mass is 382 g/mol. The molecule has 0 amide bonds. The lowest BCUT2D eigenvalue weighted by Crippen LogP contribution is -1.96. The van der Waals surface area contributed by atoms with Gasteiger partial charge in [-0.05, 0) is 45.8 Å². The standard InChI is InChI=1S/C16H15BrO4S/c1-19-13-6-10(7-14(20-2)16(13)21-3)4-5-12(18)15-8-11(17)9-22-15/h4-9H,1-3H3/b5-4+. The highest BCUT2D eigenvalue weighted by Gasteiger charge is 2.12. The Balaban J connectivity index is 2.29. The van der Waals surface area contributed by atoms with Gasteiger partial charge in [-0.25, -0.2) is 0 Å². The second kappa shape index (κ2) is 7.47. The lowest BCUT2D eigenvalue weighted by atomic mass is 10.1. The van der Waals surface area contributed by atoms with Crippen LogP contribution >= 0.6 is 27.3 Å². The molecule has 0 spiro atoms. The smallest absolute Gasteiger partial charge is 0.203 e. The molecular weight excluding hydrogens is 368 g/mol. The van der Waals surface area contributed by atoms with Crippen molar-refractivity contribution in [2.75, 3.05) is 21.3 Å². The number of hydrogen-bond acceptors (Lipinski definition) is 5. The molecular formula is C16H15BrO4S. The molecule has 1 aromatic heterocycles. The maximum Gasteiger partial charge on any atom is 0.203 e. The van der Waals surface area contributed by atoms with Crippen LogP contribution in [-0.2, 0) is 0 Å². The van der Waals surface area contributed by atoms with E-state index in [0.717, 1.165) is 10.0 Å². The molecule has 6 heteroatoms. The quantitative estimate of drug-likeness (QED) is 0.547. The Morgan fingerprint density at radius 2 is 1.73 bits per heavy atom. The first-order valence-electron chi connectivity index (χ1n) is 6.35. The number of ketones is 1. The summed E-state index contributed by atoms with van der Waals surface area (Å²) >= 11 is 4.73. The fraction of sp³-hybridized carbons (Fsp3) is 0.188. The Labute approximate surface area is 141 Å². The predicted octanol–water partition coefficient (Wildman–Crippen LogP) is 4.43. The van der Waals surface area contributed by atoms with Crippen LogP contribution in [0.1, 0.15) is 15.2 Å². The van der Waals surface area contributed by atoms with Gasteiger partial charge in [-0.2, -0.15) is 0 Å². The number of carbonyl (C=O) groups is 1. The highest BCUT2D eigenvalue weighted by Crippen LogP contribution is 2.38. The summed E-state index contributed by atoms with van der Waals surface area (Å²) in [6.45, 7) is 0. The van der Waals surface area contributed by atoms with Crippen LogP contribution in [0.25, 0.3) is 6.08 Å². The van der Waals surface area contributed by atoms with Crippen LogP contribution in [0.3, 0.4) is 0 Å². The van der Waals surface area contributed by atoms with Gasteiger partial charge < -0.3 is 14.2 Å². The van der Waals surface area contributed by atoms with E-state index in [9.17, 15) is 4.79 Å². The number of thiophene rings is 1. The van der Waals surface area contributed by atoms with Gasteiger partial charge in [0, 0.05) is 9.85 Å². The summed E-state index contributed by atoms with van der Waals surface area (Å²) in [5.74, 6) is 1.57. The molecule has 116 valence electrons. The lowest BCUT2D eigenvalue weighted by molar-refractivity contribution is 0.105. The van der Waals surface area contributed by atoms with Crippen LogP contribution in [0.15, 0.2) is 34.1 Å². The number of carbonyl (C=O) groups excluding carboxylic acids is 1. The minimum Gasteiger partial charge on any atom is -0.493 e. The molecule has 0 aliphatic heterocycles. The summed E-state index contributed by atoms with van der Waals surface area (Å²) < 4.78 is 16.7. The largest absolute Gasteiger partial charge is 0.493 e. The number of methoxy groups -OCH3 is 3. The number of allylic oxidation sites excluding steroid dienone is 1. The van der Waals surface area contributed by atoms with E-state index in [1.807, 2.05) is 5.38 Å². The summed E-state index contributed by atoms with van der Waals surface area (Å²) in [5, 5.41) is 1.88. The maximum absolute atomic E-state index is 12.1. The molecule has 0 aliphatic rings. The first kappa shape index (κ1) is 16.6. The van der Waals surface area contributed by atoms with Crippen molar-refractivity contribution in [2.45, 2.75) is 0 Å². The van der Waals surface area contributed by atoms with Crippen molar-refractivity contribution < 1.29 is 19.0 Å². The van der Waals surface area contributed by atoms with Gasteiger partial charge in [-0.15, -0.1) is 11.3 Å². The Hall–Kier alpha value is -1.79. The van der Waals surface area contributed by atoms with Crippen molar-refractivity contribution >= 4 is 39.1 Å². The van der Waals surface area contributed by atoms with Gasteiger partial charge in [0.2, 0.25) is 5.75 Å². The van der Waals surface area contributed by atoms with E-state index in [4.69, 9.17) is 14.2 Å². The van der Waals surface area contributed by atoms with E-state index in [0.29, 0.717) is 22.1 Å². The summed E-state index contributed by atoms with van der Waals surface area (Å²) in [4.78, 5) is 12.8. The molecule has 0 saturated heterocycles. The molecule has 0 atom stereocenters. The normalized spacial score (nSPS) is 10.7. The van der Waals surface area contributed by atoms with Crippen LogP contribution in [0.4, 0.5) is 0 Å². The molecule has 1 aromatic carbocycles. The van der Waals surface area contributed by atoms with Gasteiger partial charge in [-0.3, -0.25) is 4.79 Å². The van der Waals surface area contributed by atoms with Gasteiger partial charge in [-0.1, -0.05) is 6.08 Å². The van der Waals surface area contributed by atoms with Crippen molar-refractivity contribution in [2.24, 2.45) is 0 Å². The Bertz CT molecular complexity index is 681. The molecule has 0 radical (unpaired) electrons. The van der Waals surface area contributed by atoms with Crippen molar-refractivity contribution in [1.29, 1.82) is 0 Å². The maximum atomic E-state index is 12.1. The molecule has 0 fully saturated rings. The Kier molecular flexibility index (Phi) is 5.63. The van der Waals surface area contributed by atoms with Gasteiger partial charge in [0.05, 0.1) is 26.2 Å². The third-order valence-electron chi connectivity index (χ3n) is 2.92. The van der Waals surface area contributed by atoms with Gasteiger partial charge >= 0.3 is 0 Å². The molecule has 0 saturated carbocycles. The average molecular weight is 383 g/mol. The van der Waals surface area contributed by atoms with E-state index in [2.05, 4.69) is 15.9 Å². The fourth-order valence-electron chi connectivity index (χ4n) is 1.89. The molecule has 0 unspecified atom stereocenters. The van der Waals surface area contributed by atoms with E-state index < -0.39 is 0 Å². The fourth-order valence-corrected chi connectivity index (χ4v) is 3.24. The highest BCUT2D eigenvalue weighted by atomic mass is 79.9. The van der Waals surface area contributed by atoms with E-state index in [-0.39, 0.29) is 5.78 Å². The van der Waals surface area contributed by atoms with Crippen LogP contribution < -0.4 is 14.2 Å². The molecule has 4 nitrogen and oxygen atoms in total. The third kappa shape index (κ3) is 3.69. The number of rotatable bonds is 6. The minimum atomic E-state index is -0.0514. The summed E-state index contributed by atoms with van der Waals surface area (Å²) in [6, 6.07) is 5.37. The van der Waals surface area contributed by atoms with Crippen LogP contribution in [0.2, 0.25) is 0 Å². The van der Waals surface area contributed by atoms with Crippen LogP contribution in [-0.4, -0.2) is 27.1 Å². The zero-order valence-corrected chi connectivity index (χ0v) is 14.8. The Morgan fingerprint density at radius 3 is 2.18 bits per heavy atom. The topological polar surface area (TPSA) is 44.8 Å². The zero-order valence-electron chi connectivity index (χ0n) is 12.4.